The van der Waals surface area contributed by atoms with Crippen LogP contribution in [0.25, 0.3) is 10.8 Å². The quantitative estimate of drug-likeness (QED) is 0.740. The molecule has 0 bridgehead atoms. The number of thioether (sulfide) groups is 1. The number of rotatable bonds is 1. The highest BCUT2D eigenvalue weighted by atomic mass is 32.2. The number of fused-ring (bicyclic) bond motifs is 1. The maximum absolute atomic E-state index is 12.3. The first-order chi connectivity index (χ1) is 9.27. The van der Waals surface area contributed by atoms with Crippen LogP contribution in [0.1, 0.15) is 12.8 Å². The Balaban J connectivity index is 2.17. The minimum absolute atomic E-state index is 0.103. The summed E-state index contributed by atoms with van der Waals surface area (Å²) in [4.78, 5) is 14.0. The second kappa shape index (κ2) is 5.31. The van der Waals surface area contributed by atoms with Gasteiger partial charge >= 0.3 is 0 Å². The highest BCUT2D eigenvalue weighted by Gasteiger charge is 2.24. The molecule has 2 nitrogen and oxygen atoms in total. The Morgan fingerprint density at radius 2 is 1.89 bits per heavy atom. The Hall–Kier alpha value is -1.39. The maximum atomic E-state index is 12.3. The lowest BCUT2D eigenvalue weighted by Gasteiger charge is -2.22. The highest BCUT2D eigenvalue weighted by molar-refractivity contribution is 8.23. The van der Waals surface area contributed by atoms with Gasteiger partial charge in [0.2, 0.25) is 5.91 Å². The standard InChI is InChI=1S/C15H13NOS2/c17-14-9-4-10-19-15(18)16(14)13-8-3-6-11-5-1-2-7-12(11)13/h1-3,5-8H,4,9-10H2. The zero-order valence-electron chi connectivity index (χ0n) is 10.3. The minimum Gasteiger partial charge on any atom is -0.274 e. The van der Waals surface area contributed by atoms with Gasteiger partial charge in [0.1, 0.15) is 4.32 Å². The van der Waals surface area contributed by atoms with Crippen LogP contribution in [-0.2, 0) is 4.79 Å². The monoisotopic (exact) mass is 287 g/mol. The molecular formula is C15H13NOS2. The lowest BCUT2D eigenvalue weighted by Crippen LogP contribution is -2.32. The molecule has 0 atom stereocenters. The van der Waals surface area contributed by atoms with Gasteiger partial charge in [-0.05, 0) is 17.9 Å². The lowest BCUT2D eigenvalue weighted by molar-refractivity contribution is -0.117. The van der Waals surface area contributed by atoms with Crippen LogP contribution in [0, 0.1) is 0 Å². The zero-order chi connectivity index (χ0) is 13.2. The van der Waals surface area contributed by atoms with Crippen molar-refractivity contribution in [3.63, 3.8) is 0 Å². The fraction of sp³-hybridized carbons (Fsp3) is 0.200. The molecule has 0 aliphatic carbocycles. The van der Waals surface area contributed by atoms with E-state index in [-0.39, 0.29) is 5.91 Å². The number of carbonyl (C=O) groups is 1. The summed E-state index contributed by atoms with van der Waals surface area (Å²) in [7, 11) is 0. The number of benzene rings is 2. The van der Waals surface area contributed by atoms with E-state index in [1.165, 1.54) is 0 Å². The number of carbonyl (C=O) groups excluding carboxylic acids is 1. The summed E-state index contributed by atoms with van der Waals surface area (Å²) in [5.41, 5.74) is 0.905. The Bertz CT molecular complexity index is 630. The van der Waals surface area contributed by atoms with Crippen molar-refractivity contribution in [2.45, 2.75) is 12.8 Å². The zero-order valence-corrected chi connectivity index (χ0v) is 12.0. The maximum Gasteiger partial charge on any atom is 0.232 e. The largest absolute Gasteiger partial charge is 0.274 e. The van der Waals surface area contributed by atoms with E-state index < -0.39 is 0 Å². The van der Waals surface area contributed by atoms with Crippen molar-refractivity contribution in [1.82, 2.24) is 0 Å². The number of nitrogens with zero attached hydrogens (tertiary/aromatic N) is 1. The van der Waals surface area contributed by atoms with E-state index in [9.17, 15) is 4.79 Å². The van der Waals surface area contributed by atoms with E-state index in [4.69, 9.17) is 12.2 Å². The summed E-state index contributed by atoms with van der Waals surface area (Å²) in [5.74, 6) is 1.03. The van der Waals surface area contributed by atoms with Crippen molar-refractivity contribution >= 4 is 50.7 Å². The third-order valence-corrected chi connectivity index (χ3v) is 4.66. The van der Waals surface area contributed by atoms with Crippen LogP contribution in [-0.4, -0.2) is 16.0 Å². The van der Waals surface area contributed by atoms with E-state index in [0.29, 0.717) is 10.7 Å². The SMILES string of the molecule is O=C1CCCSC(=S)N1c1cccc2ccccc12. The molecule has 1 heterocycles. The topological polar surface area (TPSA) is 20.3 Å². The first-order valence-corrected chi connectivity index (χ1v) is 7.64. The molecule has 0 unspecified atom stereocenters. The van der Waals surface area contributed by atoms with Crippen molar-refractivity contribution < 1.29 is 4.79 Å². The predicted molar refractivity (Wildman–Crippen MR) is 85.7 cm³/mol. The molecule has 0 N–H and O–H groups in total. The molecule has 0 saturated carbocycles. The first kappa shape index (κ1) is 12.6. The van der Waals surface area contributed by atoms with Gasteiger partial charge in [-0.25, -0.2) is 0 Å². The molecule has 1 aliphatic heterocycles. The van der Waals surface area contributed by atoms with Crippen LogP contribution >= 0.6 is 24.0 Å². The van der Waals surface area contributed by atoms with Gasteiger partial charge in [0.05, 0.1) is 5.69 Å². The summed E-state index contributed by atoms with van der Waals surface area (Å²) in [5, 5.41) is 2.20. The van der Waals surface area contributed by atoms with Crippen LogP contribution in [0.4, 0.5) is 5.69 Å². The number of anilines is 1. The van der Waals surface area contributed by atoms with Gasteiger partial charge in [-0.2, -0.15) is 0 Å². The molecule has 0 aromatic heterocycles. The van der Waals surface area contributed by atoms with Crippen molar-refractivity contribution in [2.24, 2.45) is 0 Å². The van der Waals surface area contributed by atoms with Gasteiger partial charge in [-0.15, -0.1) is 0 Å². The van der Waals surface area contributed by atoms with Gasteiger partial charge in [-0.1, -0.05) is 60.4 Å². The van der Waals surface area contributed by atoms with Crippen molar-refractivity contribution in [1.29, 1.82) is 0 Å². The minimum atomic E-state index is 0.103. The van der Waals surface area contributed by atoms with E-state index in [2.05, 4.69) is 12.1 Å². The Morgan fingerprint density at radius 3 is 2.79 bits per heavy atom. The van der Waals surface area contributed by atoms with Crippen LogP contribution < -0.4 is 4.90 Å². The summed E-state index contributed by atoms with van der Waals surface area (Å²) in [6, 6.07) is 14.1. The van der Waals surface area contributed by atoms with E-state index in [1.807, 2.05) is 30.3 Å². The van der Waals surface area contributed by atoms with Crippen LogP contribution in [0.5, 0.6) is 0 Å². The molecule has 1 saturated heterocycles. The summed E-state index contributed by atoms with van der Waals surface area (Å²) >= 11 is 6.99. The molecule has 4 heteroatoms. The van der Waals surface area contributed by atoms with Gasteiger partial charge in [-0.3, -0.25) is 9.69 Å². The fourth-order valence-electron chi connectivity index (χ4n) is 2.30. The Labute approximate surface area is 121 Å². The first-order valence-electron chi connectivity index (χ1n) is 6.25. The van der Waals surface area contributed by atoms with E-state index >= 15 is 0 Å². The molecule has 2 aromatic carbocycles. The third-order valence-electron chi connectivity index (χ3n) is 3.20. The number of thiocarbonyl (C=S) groups is 1. The predicted octanol–water partition coefficient (Wildman–Crippen LogP) is 3.98. The Morgan fingerprint density at radius 1 is 1.11 bits per heavy atom. The van der Waals surface area contributed by atoms with Gasteiger partial charge in [0.15, 0.2) is 0 Å². The lowest BCUT2D eigenvalue weighted by atomic mass is 10.1. The van der Waals surface area contributed by atoms with Crippen LogP contribution in [0.2, 0.25) is 0 Å². The average molecular weight is 287 g/mol. The molecular weight excluding hydrogens is 274 g/mol. The van der Waals surface area contributed by atoms with E-state index in [1.54, 1.807) is 16.7 Å². The number of amides is 1. The van der Waals surface area contributed by atoms with Gasteiger partial charge < -0.3 is 0 Å². The van der Waals surface area contributed by atoms with Gasteiger partial charge in [0.25, 0.3) is 0 Å². The van der Waals surface area contributed by atoms with Crippen molar-refractivity contribution in [3.8, 4) is 0 Å². The molecule has 96 valence electrons. The Kier molecular flexibility index (Phi) is 3.53. The second-order valence-electron chi connectivity index (χ2n) is 4.45. The van der Waals surface area contributed by atoms with Crippen LogP contribution in [0.15, 0.2) is 42.5 Å². The van der Waals surface area contributed by atoms with Crippen molar-refractivity contribution in [2.75, 3.05) is 10.7 Å². The van der Waals surface area contributed by atoms with Crippen LogP contribution in [0.3, 0.4) is 0 Å². The second-order valence-corrected chi connectivity index (χ2v) is 6.17. The molecule has 19 heavy (non-hydrogen) atoms. The number of hydrogen-bond donors (Lipinski definition) is 0. The molecule has 1 aliphatic rings. The molecule has 1 fully saturated rings. The molecule has 3 rings (SSSR count). The highest BCUT2D eigenvalue weighted by Crippen LogP contribution is 2.31. The smallest absolute Gasteiger partial charge is 0.232 e. The molecule has 2 aromatic rings. The molecule has 0 spiro atoms. The summed E-state index contributed by atoms with van der Waals surface area (Å²) < 4.78 is 0.666. The molecule has 0 radical (unpaired) electrons. The number of hydrogen-bond acceptors (Lipinski definition) is 3. The third kappa shape index (κ3) is 2.38. The van der Waals surface area contributed by atoms with Gasteiger partial charge in [0, 0.05) is 17.6 Å². The summed E-state index contributed by atoms with van der Waals surface area (Å²) in [6.45, 7) is 0. The molecule has 1 amide bonds. The van der Waals surface area contributed by atoms with Crippen molar-refractivity contribution in [3.05, 3.63) is 42.5 Å². The summed E-state index contributed by atoms with van der Waals surface area (Å²) in [6.07, 6.45) is 1.46. The fourth-order valence-corrected chi connectivity index (χ4v) is 3.54. The average Bonchev–Trinajstić information content (AvgIpc) is 2.60. The van der Waals surface area contributed by atoms with E-state index in [0.717, 1.165) is 28.6 Å². The normalized spacial score (nSPS) is 16.7.